The monoisotopic (exact) mass is 553 g/mol. The molecule has 0 saturated carbocycles. The topological polar surface area (TPSA) is 97.0 Å². The van der Waals surface area contributed by atoms with Gasteiger partial charge in [0.2, 0.25) is 5.91 Å². The summed E-state index contributed by atoms with van der Waals surface area (Å²) >= 11 is 0. The zero-order valence-electron chi connectivity index (χ0n) is 25.8. The van der Waals surface area contributed by atoms with Crippen molar-refractivity contribution in [2.75, 3.05) is 12.4 Å². The fraction of sp³-hybridized carbons (Fsp3) is 0.531. The molecule has 2 N–H and O–H groups in total. The Hall–Kier alpha value is -3.55. The highest BCUT2D eigenvalue weighted by Gasteiger charge is 2.38. The molecule has 0 aromatic heterocycles. The molecule has 0 aliphatic carbocycles. The number of aryl methyl sites for hydroxylation is 2. The molecule has 0 fully saturated rings. The van der Waals surface area contributed by atoms with E-state index in [2.05, 4.69) is 24.5 Å². The third kappa shape index (κ3) is 9.57. The van der Waals surface area contributed by atoms with Gasteiger partial charge in [-0.05, 0) is 103 Å². The molecule has 3 amide bonds. The van der Waals surface area contributed by atoms with Gasteiger partial charge in [0, 0.05) is 11.7 Å². The number of nitrogens with zero attached hydrogens (tertiary/aromatic N) is 1. The maximum atomic E-state index is 14.1. The van der Waals surface area contributed by atoms with E-state index in [9.17, 15) is 14.4 Å². The summed E-state index contributed by atoms with van der Waals surface area (Å²) in [5, 5.41) is 5.67. The molecular weight excluding hydrogens is 506 g/mol. The van der Waals surface area contributed by atoms with E-state index in [-0.39, 0.29) is 17.9 Å². The van der Waals surface area contributed by atoms with Gasteiger partial charge in [-0.2, -0.15) is 0 Å². The first kappa shape index (κ1) is 32.7. The SMILES string of the molecule is COc1ccc(NC(=O)C(c2ccc(C)cc2C)N(C(=O)C(C)NC(=O)OC(C)(C)C)C(C)CCC(C)C)cc1. The van der Waals surface area contributed by atoms with E-state index < -0.39 is 23.8 Å². The van der Waals surface area contributed by atoms with Crippen LogP contribution >= 0.6 is 0 Å². The van der Waals surface area contributed by atoms with Crippen LogP contribution in [0.2, 0.25) is 0 Å². The van der Waals surface area contributed by atoms with Gasteiger partial charge in [0.05, 0.1) is 7.11 Å². The van der Waals surface area contributed by atoms with Crippen molar-refractivity contribution in [1.82, 2.24) is 10.2 Å². The van der Waals surface area contributed by atoms with E-state index in [0.717, 1.165) is 23.1 Å². The van der Waals surface area contributed by atoms with Gasteiger partial charge in [0.25, 0.3) is 5.91 Å². The van der Waals surface area contributed by atoms with Crippen LogP contribution in [0.3, 0.4) is 0 Å². The van der Waals surface area contributed by atoms with E-state index in [1.165, 1.54) is 0 Å². The number of ether oxygens (including phenoxy) is 2. The second-order valence-corrected chi connectivity index (χ2v) is 11.9. The van der Waals surface area contributed by atoms with Crippen LogP contribution in [0.4, 0.5) is 10.5 Å². The van der Waals surface area contributed by atoms with Crippen LogP contribution in [0.5, 0.6) is 5.75 Å². The molecule has 3 atom stereocenters. The average molecular weight is 554 g/mol. The summed E-state index contributed by atoms with van der Waals surface area (Å²) in [7, 11) is 1.58. The fourth-order valence-corrected chi connectivity index (χ4v) is 4.52. The third-order valence-corrected chi connectivity index (χ3v) is 6.60. The van der Waals surface area contributed by atoms with Crippen molar-refractivity contribution < 1.29 is 23.9 Å². The average Bonchev–Trinajstić information content (AvgIpc) is 2.85. The quantitative estimate of drug-likeness (QED) is 0.329. The lowest BCUT2D eigenvalue weighted by Gasteiger charge is -2.38. The molecule has 0 radical (unpaired) electrons. The molecule has 0 aliphatic rings. The molecule has 2 aromatic rings. The summed E-state index contributed by atoms with van der Waals surface area (Å²) in [6, 6.07) is 10.8. The van der Waals surface area contributed by atoms with Crippen LogP contribution in [-0.4, -0.2) is 47.6 Å². The van der Waals surface area contributed by atoms with Gasteiger partial charge >= 0.3 is 6.09 Å². The Kier molecular flexibility index (Phi) is 11.6. The Morgan fingerprint density at radius 1 is 0.925 bits per heavy atom. The first-order valence-electron chi connectivity index (χ1n) is 14.0. The molecular formula is C32H47N3O5. The van der Waals surface area contributed by atoms with Crippen molar-refractivity contribution in [2.45, 2.75) is 98.9 Å². The first-order chi connectivity index (χ1) is 18.6. The van der Waals surface area contributed by atoms with Crippen molar-refractivity contribution in [2.24, 2.45) is 5.92 Å². The summed E-state index contributed by atoms with van der Waals surface area (Å²) in [6.07, 6.45) is 0.882. The van der Waals surface area contributed by atoms with E-state index in [1.807, 2.05) is 39.0 Å². The third-order valence-electron chi connectivity index (χ3n) is 6.60. The van der Waals surface area contributed by atoms with E-state index in [0.29, 0.717) is 23.8 Å². The van der Waals surface area contributed by atoms with Crippen LogP contribution in [0.25, 0.3) is 0 Å². The number of carbonyl (C=O) groups is 3. The van der Waals surface area contributed by atoms with Crippen LogP contribution < -0.4 is 15.4 Å². The maximum absolute atomic E-state index is 14.1. The van der Waals surface area contributed by atoms with Gasteiger partial charge in [-0.3, -0.25) is 9.59 Å². The van der Waals surface area contributed by atoms with Crippen LogP contribution in [0, 0.1) is 19.8 Å². The zero-order chi connectivity index (χ0) is 30.2. The number of carbonyl (C=O) groups excluding carboxylic acids is 3. The van der Waals surface area contributed by atoms with Gasteiger partial charge in [0.1, 0.15) is 23.4 Å². The summed E-state index contributed by atoms with van der Waals surface area (Å²) in [5.74, 6) is 0.387. The minimum atomic E-state index is -0.930. The summed E-state index contributed by atoms with van der Waals surface area (Å²) in [6.45, 7) is 17.1. The number of benzene rings is 2. The number of amides is 3. The zero-order valence-corrected chi connectivity index (χ0v) is 25.8. The molecule has 0 spiro atoms. The van der Waals surface area contributed by atoms with Gasteiger partial charge in [-0.15, -0.1) is 0 Å². The van der Waals surface area contributed by atoms with Gasteiger partial charge < -0.3 is 25.0 Å². The van der Waals surface area contributed by atoms with E-state index in [1.54, 1.807) is 64.0 Å². The molecule has 0 aliphatic heterocycles. The van der Waals surface area contributed by atoms with E-state index in [4.69, 9.17) is 9.47 Å². The summed E-state index contributed by atoms with van der Waals surface area (Å²) < 4.78 is 10.6. The predicted octanol–water partition coefficient (Wildman–Crippen LogP) is 6.56. The Bertz CT molecular complexity index is 1150. The number of hydrogen-bond acceptors (Lipinski definition) is 5. The molecule has 220 valence electrons. The number of alkyl carbamates (subject to hydrolysis) is 1. The Morgan fingerprint density at radius 2 is 1.55 bits per heavy atom. The number of rotatable bonds is 11. The summed E-state index contributed by atoms with van der Waals surface area (Å²) in [5.41, 5.74) is 2.56. The fourth-order valence-electron chi connectivity index (χ4n) is 4.52. The molecule has 3 unspecified atom stereocenters. The molecule has 40 heavy (non-hydrogen) atoms. The Labute approximate surface area is 239 Å². The number of anilines is 1. The van der Waals surface area contributed by atoms with Gasteiger partial charge in [0.15, 0.2) is 0 Å². The highest BCUT2D eigenvalue weighted by molar-refractivity contribution is 5.99. The second-order valence-electron chi connectivity index (χ2n) is 11.9. The molecule has 2 rings (SSSR count). The maximum Gasteiger partial charge on any atom is 0.408 e. The van der Waals surface area contributed by atoms with Crippen molar-refractivity contribution in [3.05, 3.63) is 59.2 Å². The van der Waals surface area contributed by atoms with Gasteiger partial charge in [-0.1, -0.05) is 37.6 Å². The van der Waals surface area contributed by atoms with Crippen molar-refractivity contribution in [3.63, 3.8) is 0 Å². The second kappa shape index (κ2) is 14.2. The van der Waals surface area contributed by atoms with Crippen molar-refractivity contribution in [3.8, 4) is 5.75 Å². The largest absolute Gasteiger partial charge is 0.497 e. The molecule has 8 heteroatoms. The molecule has 0 heterocycles. The molecule has 2 aromatic carbocycles. The number of nitrogens with one attached hydrogen (secondary N) is 2. The minimum absolute atomic E-state index is 0.287. The normalized spacial score (nSPS) is 13.7. The highest BCUT2D eigenvalue weighted by atomic mass is 16.6. The van der Waals surface area contributed by atoms with Crippen molar-refractivity contribution >= 4 is 23.6 Å². The highest BCUT2D eigenvalue weighted by Crippen LogP contribution is 2.31. The van der Waals surface area contributed by atoms with Crippen LogP contribution in [0.15, 0.2) is 42.5 Å². The lowest BCUT2D eigenvalue weighted by molar-refractivity contribution is -0.143. The predicted molar refractivity (Wildman–Crippen MR) is 159 cm³/mol. The van der Waals surface area contributed by atoms with E-state index >= 15 is 0 Å². The molecule has 8 nitrogen and oxygen atoms in total. The van der Waals surface area contributed by atoms with Gasteiger partial charge in [-0.25, -0.2) is 4.79 Å². The number of hydrogen-bond donors (Lipinski definition) is 2. The van der Waals surface area contributed by atoms with Crippen LogP contribution in [0.1, 0.15) is 84.0 Å². The lowest BCUT2D eigenvalue weighted by Crippen LogP contribution is -2.54. The minimum Gasteiger partial charge on any atom is -0.497 e. The first-order valence-corrected chi connectivity index (χ1v) is 14.0. The standard InChI is InChI=1S/C32H47N3O5/c1-20(2)11-13-23(5)35(30(37)24(6)33-31(38)40-32(7,8)9)28(27-18-12-21(3)19-22(27)4)29(36)34-25-14-16-26(39-10)17-15-25/h12,14-20,23-24,28H,11,13H2,1-10H3,(H,33,38)(H,34,36). The smallest absolute Gasteiger partial charge is 0.408 e. The summed E-state index contributed by atoms with van der Waals surface area (Å²) in [4.78, 5) is 42.4. The molecule has 0 bridgehead atoms. The molecule has 0 saturated heterocycles. The number of methoxy groups -OCH3 is 1. The Morgan fingerprint density at radius 3 is 2.08 bits per heavy atom. The van der Waals surface area contributed by atoms with Crippen molar-refractivity contribution in [1.29, 1.82) is 0 Å². The Balaban J connectivity index is 2.56. The van der Waals surface area contributed by atoms with Crippen LogP contribution in [-0.2, 0) is 14.3 Å². The lowest BCUT2D eigenvalue weighted by atomic mass is 9.94.